The van der Waals surface area contributed by atoms with Crippen molar-refractivity contribution in [3.8, 4) is 12.3 Å². The van der Waals surface area contributed by atoms with E-state index in [2.05, 4.69) is 21.4 Å². The van der Waals surface area contributed by atoms with Crippen molar-refractivity contribution in [2.45, 2.75) is 44.6 Å². The predicted octanol–water partition coefficient (Wildman–Crippen LogP) is 2.33. The first-order chi connectivity index (χ1) is 9.83. The molecule has 0 aromatic carbocycles. The van der Waals surface area contributed by atoms with Crippen molar-refractivity contribution in [2.75, 3.05) is 6.54 Å². The van der Waals surface area contributed by atoms with Crippen LogP contribution in [0.5, 0.6) is 0 Å². The quantitative estimate of drug-likeness (QED) is 0.674. The van der Waals surface area contributed by atoms with E-state index in [1.165, 1.54) is 32.1 Å². The van der Waals surface area contributed by atoms with Crippen molar-refractivity contribution in [1.29, 1.82) is 0 Å². The summed E-state index contributed by atoms with van der Waals surface area (Å²) < 4.78 is 5.90. The molecule has 1 aromatic heterocycles. The summed E-state index contributed by atoms with van der Waals surface area (Å²) in [5, 5.41) is 11.6. The molecule has 0 saturated heterocycles. The van der Waals surface area contributed by atoms with Gasteiger partial charge in [-0.3, -0.25) is 5.32 Å². The van der Waals surface area contributed by atoms with Gasteiger partial charge in [-0.15, -0.1) is 16.6 Å². The highest BCUT2D eigenvalue weighted by molar-refractivity contribution is 5.08. The summed E-state index contributed by atoms with van der Waals surface area (Å²) >= 11 is 0. The first-order valence-corrected chi connectivity index (χ1v) is 7.80. The molecule has 106 valence electrons. The summed E-state index contributed by atoms with van der Waals surface area (Å²) in [5.74, 6) is 8.17. The minimum Gasteiger partial charge on any atom is -0.424 e. The molecule has 4 fully saturated rings. The molecule has 20 heavy (non-hydrogen) atoms. The van der Waals surface area contributed by atoms with Gasteiger partial charge < -0.3 is 4.42 Å². The van der Waals surface area contributed by atoms with E-state index in [-0.39, 0.29) is 0 Å². The van der Waals surface area contributed by atoms with Gasteiger partial charge in [0.15, 0.2) is 0 Å². The Bertz CT molecular complexity index is 502. The van der Waals surface area contributed by atoms with Crippen molar-refractivity contribution >= 4 is 0 Å². The van der Waals surface area contributed by atoms with Crippen LogP contribution in [-0.4, -0.2) is 16.7 Å². The Labute approximate surface area is 119 Å². The lowest BCUT2D eigenvalue weighted by atomic mass is 9.52. The Kier molecular flexibility index (Phi) is 3.03. The number of terminal acetylenes is 1. The molecule has 4 bridgehead atoms. The average Bonchev–Trinajstić information content (AvgIpc) is 2.86. The zero-order valence-electron chi connectivity index (χ0n) is 11.7. The minimum atomic E-state index is 0.525. The molecule has 1 aromatic rings. The smallest absolute Gasteiger partial charge is 0.230 e. The van der Waals surface area contributed by atoms with Gasteiger partial charge in [-0.2, -0.15) is 0 Å². The van der Waals surface area contributed by atoms with Gasteiger partial charge in [-0.05, 0) is 55.8 Å². The lowest BCUT2D eigenvalue weighted by Crippen LogP contribution is -2.43. The minimum absolute atomic E-state index is 0.525. The molecule has 0 aliphatic heterocycles. The van der Waals surface area contributed by atoms with E-state index in [1.807, 2.05) is 0 Å². The van der Waals surface area contributed by atoms with Gasteiger partial charge in [0.2, 0.25) is 11.8 Å². The first kappa shape index (κ1) is 12.4. The van der Waals surface area contributed by atoms with E-state index in [0.29, 0.717) is 24.9 Å². The Morgan fingerprint density at radius 1 is 1.10 bits per heavy atom. The molecular formula is C16H21N3O. The molecule has 4 aliphatic carbocycles. The van der Waals surface area contributed by atoms with Gasteiger partial charge >= 0.3 is 0 Å². The Morgan fingerprint density at radius 3 is 2.45 bits per heavy atom. The van der Waals surface area contributed by atoms with Crippen LogP contribution in [-0.2, 0) is 6.54 Å². The monoisotopic (exact) mass is 271 g/mol. The lowest BCUT2D eigenvalue weighted by Gasteiger charge is -2.53. The number of nitrogens with zero attached hydrogens (tertiary/aromatic N) is 2. The molecular weight excluding hydrogens is 250 g/mol. The topological polar surface area (TPSA) is 51.0 Å². The zero-order valence-corrected chi connectivity index (χ0v) is 11.7. The first-order valence-electron chi connectivity index (χ1n) is 7.80. The molecule has 1 heterocycles. The van der Waals surface area contributed by atoms with Gasteiger partial charge in [-0.1, -0.05) is 5.92 Å². The molecule has 0 unspecified atom stereocenters. The summed E-state index contributed by atoms with van der Waals surface area (Å²) in [7, 11) is 0. The SMILES string of the molecule is C#CCNCc1nnc(C2C3CC4CC(C3)CC2C4)o1. The number of hydrogen-bond acceptors (Lipinski definition) is 4. The van der Waals surface area contributed by atoms with Crippen molar-refractivity contribution in [1.82, 2.24) is 15.5 Å². The van der Waals surface area contributed by atoms with Crippen LogP contribution in [0.3, 0.4) is 0 Å². The third-order valence-electron chi connectivity index (χ3n) is 5.50. The van der Waals surface area contributed by atoms with Crippen molar-refractivity contribution in [3.05, 3.63) is 11.8 Å². The highest BCUT2D eigenvalue weighted by atomic mass is 16.4. The maximum atomic E-state index is 5.90. The van der Waals surface area contributed by atoms with E-state index in [9.17, 15) is 0 Å². The van der Waals surface area contributed by atoms with Gasteiger partial charge in [0.1, 0.15) is 0 Å². The van der Waals surface area contributed by atoms with Crippen molar-refractivity contribution < 1.29 is 4.42 Å². The maximum Gasteiger partial charge on any atom is 0.230 e. The fraction of sp³-hybridized carbons (Fsp3) is 0.750. The second-order valence-corrected chi connectivity index (χ2v) is 6.80. The van der Waals surface area contributed by atoms with Gasteiger partial charge in [0.25, 0.3) is 0 Å². The number of nitrogens with one attached hydrogen (secondary N) is 1. The third-order valence-corrected chi connectivity index (χ3v) is 5.50. The standard InChI is InChI=1S/C16H21N3O/c1-2-3-17-9-14-18-19-16(20-14)15-12-5-10-4-11(7-12)8-13(15)6-10/h1,10-13,15,17H,3-9H2. The lowest BCUT2D eigenvalue weighted by molar-refractivity contribution is -0.0118. The largest absolute Gasteiger partial charge is 0.424 e. The van der Waals surface area contributed by atoms with Crippen LogP contribution in [0.4, 0.5) is 0 Å². The molecule has 0 amide bonds. The fourth-order valence-electron chi connectivity index (χ4n) is 5.04. The van der Waals surface area contributed by atoms with Crippen LogP contribution in [0, 0.1) is 36.0 Å². The van der Waals surface area contributed by atoms with Crippen LogP contribution >= 0.6 is 0 Å². The molecule has 4 saturated carbocycles. The average molecular weight is 271 g/mol. The van der Waals surface area contributed by atoms with Crippen LogP contribution in [0.15, 0.2) is 4.42 Å². The summed E-state index contributed by atoms with van der Waals surface area (Å²) in [4.78, 5) is 0. The van der Waals surface area contributed by atoms with E-state index >= 15 is 0 Å². The van der Waals surface area contributed by atoms with Gasteiger partial charge in [0.05, 0.1) is 13.1 Å². The number of aromatic nitrogens is 2. The summed E-state index contributed by atoms with van der Waals surface area (Å²) in [6.07, 6.45) is 12.2. The second-order valence-electron chi connectivity index (χ2n) is 6.80. The highest BCUT2D eigenvalue weighted by Crippen LogP contribution is 2.59. The van der Waals surface area contributed by atoms with E-state index in [0.717, 1.165) is 29.6 Å². The molecule has 0 radical (unpaired) electrons. The fourth-order valence-corrected chi connectivity index (χ4v) is 5.04. The summed E-state index contributed by atoms with van der Waals surface area (Å²) in [6.45, 7) is 1.11. The van der Waals surface area contributed by atoms with Crippen molar-refractivity contribution in [3.63, 3.8) is 0 Å². The van der Waals surface area contributed by atoms with Crippen LogP contribution in [0.1, 0.15) is 49.8 Å². The molecule has 5 rings (SSSR count). The van der Waals surface area contributed by atoms with E-state index in [1.54, 1.807) is 0 Å². The zero-order chi connectivity index (χ0) is 13.5. The molecule has 1 N–H and O–H groups in total. The Balaban J connectivity index is 1.49. The molecule has 4 nitrogen and oxygen atoms in total. The van der Waals surface area contributed by atoms with Crippen LogP contribution in [0.2, 0.25) is 0 Å². The van der Waals surface area contributed by atoms with Gasteiger partial charge in [0, 0.05) is 5.92 Å². The Morgan fingerprint density at radius 2 is 1.80 bits per heavy atom. The third kappa shape index (κ3) is 2.05. The molecule has 4 aliphatic rings. The summed E-state index contributed by atoms with van der Waals surface area (Å²) in [5.41, 5.74) is 0. The highest BCUT2D eigenvalue weighted by Gasteiger charge is 2.50. The van der Waals surface area contributed by atoms with Gasteiger partial charge in [-0.25, -0.2) is 0 Å². The maximum absolute atomic E-state index is 5.90. The number of rotatable bonds is 4. The molecule has 4 heteroatoms. The Hall–Kier alpha value is -1.34. The second kappa shape index (κ2) is 4.89. The molecule has 0 spiro atoms. The summed E-state index contributed by atoms with van der Waals surface area (Å²) in [6, 6.07) is 0. The normalized spacial score (nSPS) is 38.0. The van der Waals surface area contributed by atoms with E-state index in [4.69, 9.17) is 10.8 Å². The molecule has 0 atom stereocenters. The van der Waals surface area contributed by atoms with Crippen LogP contribution < -0.4 is 5.32 Å². The van der Waals surface area contributed by atoms with E-state index < -0.39 is 0 Å². The van der Waals surface area contributed by atoms with Crippen molar-refractivity contribution in [2.24, 2.45) is 23.7 Å². The number of hydrogen-bond donors (Lipinski definition) is 1. The van der Waals surface area contributed by atoms with Crippen LogP contribution in [0.25, 0.3) is 0 Å². The predicted molar refractivity (Wildman–Crippen MR) is 74.6 cm³/mol.